The van der Waals surface area contributed by atoms with E-state index in [1.165, 1.54) is 18.9 Å². The maximum absolute atomic E-state index is 13.6. The van der Waals surface area contributed by atoms with Gasteiger partial charge in [0, 0.05) is 17.5 Å². The van der Waals surface area contributed by atoms with Crippen LogP contribution in [0, 0.1) is 11.8 Å². The largest absolute Gasteiger partial charge is 0.508 e. The number of nitrogens with zero attached hydrogens (tertiary/aromatic N) is 1. The number of aromatic hydroxyl groups is 1. The molecule has 0 saturated heterocycles. The molecular weight excluding hydrogens is 366 g/mol. The zero-order chi connectivity index (χ0) is 20.4. The topological polar surface area (TPSA) is 66.8 Å². The molecule has 0 unspecified atom stereocenters. The molecule has 0 aromatic heterocycles. The molecule has 0 spiro atoms. The van der Waals surface area contributed by atoms with E-state index in [0.717, 1.165) is 57.7 Å². The predicted molar refractivity (Wildman–Crippen MR) is 112 cm³/mol. The Morgan fingerprint density at radius 3 is 2.21 bits per heavy atom. The van der Waals surface area contributed by atoms with Crippen molar-refractivity contribution in [2.45, 2.75) is 89.4 Å². The van der Waals surface area contributed by atoms with Crippen LogP contribution in [0.1, 0.15) is 81.5 Å². The Hall–Kier alpha value is -1.88. The molecule has 5 heteroatoms. The van der Waals surface area contributed by atoms with E-state index >= 15 is 0 Å². The molecule has 5 nitrogen and oxygen atoms in total. The van der Waals surface area contributed by atoms with Gasteiger partial charge in [-0.05, 0) is 88.3 Å². The first-order valence-corrected chi connectivity index (χ1v) is 11.3. The van der Waals surface area contributed by atoms with Crippen LogP contribution in [0.2, 0.25) is 0 Å². The van der Waals surface area contributed by atoms with Crippen LogP contribution in [0.25, 0.3) is 0 Å². The van der Waals surface area contributed by atoms with Gasteiger partial charge in [0.15, 0.2) is 6.29 Å². The third-order valence-electron chi connectivity index (χ3n) is 6.92. The zero-order valence-electron chi connectivity index (χ0n) is 17.4. The minimum absolute atomic E-state index is 0.0277. The molecule has 0 bridgehead atoms. The Morgan fingerprint density at radius 1 is 1.00 bits per heavy atom. The molecular formula is C24H33NO4. The van der Waals surface area contributed by atoms with Gasteiger partial charge in [-0.2, -0.15) is 0 Å². The van der Waals surface area contributed by atoms with Crippen LogP contribution in [0.4, 0.5) is 5.69 Å². The number of aldehydes is 1. The van der Waals surface area contributed by atoms with Crippen LogP contribution in [0.15, 0.2) is 18.2 Å². The number of hydrogen-bond acceptors (Lipinski definition) is 4. The summed E-state index contributed by atoms with van der Waals surface area (Å²) in [4.78, 5) is 27.3. The first-order chi connectivity index (χ1) is 14.0. The molecule has 0 atom stereocenters. The normalized spacial score (nSPS) is 30.0. The molecule has 0 radical (unpaired) electrons. The van der Waals surface area contributed by atoms with Crippen LogP contribution in [0.3, 0.4) is 0 Å². The van der Waals surface area contributed by atoms with Crippen molar-refractivity contribution in [3.05, 3.63) is 23.8 Å². The number of anilines is 1. The van der Waals surface area contributed by atoms with Gasteiger partial charge in [0.05, 0.1) is 17.9 Å². The smallest absolute Gasteiger partial charge is 0.230 e. The standard InChI is InChI=1S/C24H33NO4/c1-16-2-4-17(5-3-16)24(28)25(23-13-8-20(27)14-18(23)15-26)19-6-9-21(10-7-19)29-22-11-12-22/h8,13-17,19,21-22,27H,2-7,9-12H2,1H3/t16-,17-,19-,21-. The van der Waals surface area contributed by atoms with Crippen molar-refractivity contribution in [3.8, 4) is 5.75 Å². The Balaban J connectivity index is 1.55. The predicted octanol–water partition coefficient (Wildman–Crippen LogP) is 4.85. The fraction of sp³-hybridized carbons (Fsp3) is 0.667. The second kappa shape index (κ2) is 8.86. The Kier molecular flexibility index (Phi) is 6.23. The van der Waals surface area contributed by atoms with Crippen molar-refractivity contribution in [1.29, 1.82) is 0 Å². The Labute approximate surface area is 173 Å². The zero-order valence-corrected chi connectivity index (χ0v) is 17.4. The summed E-state index contributed by atoms with van der Waals surface area (Å²) in [5.74, 6) is 0.912. The van der Waals surface area contributed by atoms with Gasteiger partial charge in [-0.15, -0.1) is 0 Å². The van der Waals surface area contributed by atoms with Gasteiger partial charge in [0.2, 0.25) is 5.91 Å². The maximum Gasteiger partial charge on any atom is 0.230 e. The number of carbonyl (C=O) groups is 2. The van der Waals surface area contributed by atoms with Gasteiger partial charge in [-0.1, -0.05) is 6.92 Å². The van der Waals surface area contributed by atoms with Crippen molar-refractivity contribution in [1.82, 2.24) is 0 Å². The van der Waals surface area contributed by atoms with E-state index < -0.39 is 0 Å². The monoisotopic (exact) mass is 399 g/mol. The molecule has 1 aromatic rings. The average molecular weight is 400 g/mol. The van der Waals surface area contributed by atoms with Crippen molar-refractivity contribution >= 4 is 17.9 Å². The molecule has 3 aliphatic carbocycles. The van der Waals surface area contributed by atoms with Gasteiger partial charge in [-0.3, -0.25) is 9.59 Å². The van der Waals surface area contributed by atoms with E-state index in [1.54, 1.807) is 12.1 Å². The highest BCUT2D eigenvalue weighted by Gasteiger charge is 2.37. The van der Waals surface area contributed by atoms with E-state index in [0.29, 0.717) is 29.4 Å². The fourth-order valence-electron chi connectivity index (χ4n) is 4.97. The molecule has 0 aliphatic heterocycles. The third kappa shape index (κ3) is 4.82. The van der Waals surface area contributed by atoms with E-state index in [9.17, 15) is 14.7 Å². The molecule has 0 heterocycles. The second-order valence-corrected chi connectivity index (χ2v) is 9.29. The summed E-state index contributed by atoms with van der Waals surface area (Å²) in [7, 11) is 0. The lowest BCUT2D eigenvalue weighted by Crippen LogP contribution is -2.47. The van der Waals surface area contributed by atoms with E-state index in [4.69, 9.17) is 4.74 Å². The molecule has 1 aromatic carbocycles. The molecule has 3 aliphatic rings. The lowest BCUT2D eigenvalue weighted by atomic mass is 9.81. The van der Waals surface area contributed by atoms with E-state index in [-0.39, 0.29) is 23.6 Å². The highest BCUT2D eigenvalue weighted by Crippen LogP contribution is 2.37. The summed E-state index contributed by atoms with van der Waals surface area (Å²) < 4.78 is 6.09. The first-order valence-electron chi connectivity index (χ1n) is 11.3. The highest BCUT2D eigenvalue weighted by atomic mass is 16.5. The number of ether oxygens (including phenoxy) is 1. The second-order valence-electron chi connectivity index (χ2n) is 9.29. The van der Waals surface area contributed by atoms with Crippen molar-refractivity contribution < 1.29 is 19.4 Å². The molecule has 3 saturated carbocycles. The number of phenols is 1. The first kappa shape index (κ1) is 20.4. The van der Waals surface area contributed by atoms with Gasteiger partial charge in [0.25, 0.3) is 0 Å². The minimum atomic E-state index is 0.0277. The van der Waals surface area contributed by atoms with Gasteiger partial charge in [0.1, 0.15) is 5.75 Å². The number of amides is 1. The highest BCUT2D eigenvalue weighted by molar-refractivity contribution is 6.00. The Morgan fingerprint density at radius 2 is 1.62 bits per heavy atom. The molecule has 29 heavy (non-hydrogen) atoms. The fourth-order valence-corrected chi connectivity index (χ4v) is 4.97. The molecule has 158 valence electrons. The SMILES string of the molecule is C[C@H]1CC[C@H](C(=O)N(c2ccc(O)cc2C=O)[C@H]2CC[C@H](OC3CC3)CC2)CC1. The van der Waals surface area contributed by atoms with E-state index in [2.05, 4.69) is 6.92 Å². The molecule has 3 fully saturated rings. The summed E-state index contributed by atoms with van der Waals surface area (Å²) in [5, 5.41) is 9.82. The van der Waals surface area contributed by atoms with Crippen LogP contribution in [-0.4, -0.2) is 35.5 Å². The lowest BCUT2D eigenvalue weighted by molar-refractivity contribution is -0.124. The average Bonchev–Trinajstić information content (AvgIpc) is 3.55. The van der Waals surface area contributed by atoms with E-state index in [1.807, 2.05) is 4.90 Å². The van der Waals surface area contributed by atoms with Crippen LogP contribution in [0.5, 0.6) is 5.75 Å². The number of carbonyl (C=O) groups excluding carboxylic acids is 2. The quantitative estimate of drug-likeness (QED) is 0.694. The molecule has 4 rings (SSSR count). The van der Waals surface area contributed by atoms with Gasteiger partial charge >= 0.3 is 0 Å². The summed E-state index contributed by atoms with van der Waals surface area (Å²) in [6, 6.07) is 4.86. The van der Waals surface area contributed by atoms with Gasteiger partial charge in [-0.25, -0.2) is 0 Å². The summed E-state index contributed by atoms with van der Waals surface area (Å²) in [6.07, 6.45) is 11.6. The van der Waals surface area contributed by atoms with Crippen molar-refractivity contribution in [3.63, 3.8) is 0 Å². The number of phenolic OH excluding ortho intramolecular Hbond substituents is 1. The summed E-state index contributed by atoms with van der Waals surface area (Å²) in [6.45, 7) is 2.25. The number of hydrogen-bond donors (Lipinski definition) is 1. The van der Waals surface area contributed by atoms with Crippen LogP contribution in [-0.2, 0) is 9.53 Å². The van der Waals surface area contributed by atoms with Crippen LogP contribution < -0.4 is 4.90 Å². The maximum atomic E-state index is 13.6. The minimum Gasteiger partial charge on any atom is -0.508 e. The summed E-state index contributed by atoms with van der Waals surface area (Å²) >= 11 is 0. The lowest BCUT2D eigenvalue weighted by Gasteiger charge is -2.40. The summed E-state index contributed by atoms with van der Waals surface area (Å²) in [5.41, 5.74) is 1.03. The molecule has 1 amide bonds. The van der Waals surface area contributed by atoms with Crippen LogP contribution >= 0.6 is 0 Å². The van der Waals surface area contributed by atoms with Gasteiger partial charge < -0.3 is 14.7 Å². The Bertz CT molecular complexity index is 728. The molecule has 1 N–H and O–H groups in total. The van der Waals surface area contributed by atoms with Crippen molar-refractivity contribution in [2.75, 3.05) is 4.90 Å². The third-order valence-corrected chi connectivity index (χ3v) is 6.92. The number of rotatable bonds is 6. The van der Waals surface area contributed by atoms with Crippen molar-refractivity contribution in [2.24, 2.45) is 11.8 Å². The number of benzene rings is 1.